The van der Waals surface area contributed by atoms with Crippen molar-refractivity contribution in [1.82, 2.24) is 15.2 Å². The molecule has 1 aliphatic heterocycles. The third-order valence-electron chi connectivity index (χ3n) is 3.57. The molecule has 0 amide bonds. The lowest BCUT2D eigenvalue weighted by Gasteiger charge is -2.33. The molecular weight excluding hydrogens is 252 g/mol. The van der Waals surface area contributed by atoms with Crippen molar-refractivity contribution < 1.29 is 4.74 Å². The Morgan fingerprint density at radius 1 is 1.72 bits per heavy atom. The summed E-state index contributed by atoms with van der Waals surface area (Å²) in [5, 5.41) is 4.95. The van der Waals surface area contributed by atoms with Crippen LogP contribution in [-0.4, -0.2) is 22.0 Å². The second-order valence-corrected chi connectivity index (χ2v) is 5.37. The van der Waals surface area contributed by atoms with Crippen LogP contribution in [0.4, 0.5) is 0 Å². The van der Waals surface area contributed by atoms with Gasteiger partial charge in [-0.1, -0.05) is 18.5 Å². The van der Waals surface area contributed by atoms with Crippen LogP contribution < -0.4 is 11.3 Å². The van der Waals surface area contributed by atoms with Crippen LogP contribution >= 0.6 is 11.6 Å². The maximum Gasteiger partial charge on any atom is 0.0930 e. The molecule has 0 aliphatic carbocycles. The number of hydrogen-bond acceptors (Lipinski definition) is 4. The maximum absolute atomic E-state index is 6.26. The van der Waals surface area contributed by atoms with E-state index in [0.717, 1.165) is 38.1 Å². The fourth-order valence-corrected chi connectivity index (χ4v) is 2.87. The molecule has 0 spiro atoms. The van der Waals surface area contributed by atoms with Gasteiger partial charge in [-0.25, -0.2) is 5.43 Å². The highest BCUT2D eigenvalue weighted by Gasteiger charge is 2.41. The molecule has 2 atom stereocenters. The quantitative estimate of drug-likeness (QED) is 0.636. The summed E-state index contributed by atoms with van der Waals surface area (Å²) in [5.74, 6) is 5.73. The van der Waals surface area contributed by atoms with Crippen molar-refractivity contribution in [1.29, 1.82) is 0 Å². The molecule has 1 aromatic heterocycles. The lowest BCUT2D eigenvalue weighted by molar-refractivity contribution is -0.0149. The van der Waals surface area contributed by atoms with E-state index in [1.54, 1.807) is 6.20 Å². The summed E-state index contributed by atoms with van der Waals surface area (Å²) in [6.45, 7) is 5.78. The van der Waals surface area contributed by atoms with Crippen molar-refractivity contribution >= 4 is 11.6 Å². The number of hydrazine groups is 1. The van der Waals surface area contributed by atoms with Crippen LogP contribution in [0.5, 0.6) is 0 Å². The van der Waals surface area contributed by atoms with E-state index in [9.17, 15) is 0 Å². The molecule has 1 aliphatic rings. The molecule has 5 nitrogen and oxygen atoms in total. The Morgan fingerprint density at radius 2 is 2.50 bits per heavy atom. The Hall–Kier alpha value is -0.620. The van der Waals surface area contributed by atoms with E-state index in [4.69, 9.17) is 22.2 Å². The third kappa shape index (κ3) is 2.40. The molecular formula is C12H21ClN4O. The first kappa shape index (κ1) is 13.8. The number of rotatable bonds is 5. The molecule has 0 aromatic carbocycles. The van der Waals surface area contributed by atoms with Crippen molar-refractivity contribution in [3.8, 4) is 0 Å². The third-order valence-corrected chi connectivity index (χ3v) is 3.86. The van der Waals surface area contributed by atoms with Crippen molar-refractivity contribution in [2.24, 2.45) is 5.84 Å². The molecule has 18 heavy (non-hydrogen) atoms. The van der Waals surface area contributed by atoms with Crippen LogP contribution in [0.15, 0.2) is 6.20 Å². The Balaban J connectivity index is 2.34. The fraction of sp³-hybridized carbons (Fsp3) is 0.750. The van der Waals surface area contributed by atoms with Gasteiger partial charge < -0.3 is 4.74 Å². The Morgan fingerprint density at radius 3 is 3.06 bits per heavy atom. The summed E-state index contributed by atoms with van der Waals surface area (Å²) in [5.41, 5.74) is 3.46. The first-order chi connectivity index (χ1) is 8.62. The predicted octanol–water partition coefficient (Wildman–Crippen LogP) is 2.02. The zero-order chi connectivity index (χ0) is 13.2. The largest absolute Gasteiger partial charge is 0.373 e. The normalized spacial score (nSPS) is 25.6. The molecule has 3 N–H and O–H groups in total. The molecule has 2 unspecified atom stereocenters. The van der Waals surface area contributed by atoms with Gasteiger partial charge in [0.05, 0.1) is 28.6 Å². The summed E-state index contributed by atoms with van der Waals surface area (Å²) in [6.07, 6.45) is 4.69. The van der Waals surface area contributed by atoms with Crippen molar-refractivity contribution in [3.63, 3.8) is 0 Å². The SMILES string of the molecule is CCCn1ncc(Cl)c1C(NN)C1(C)CCCO1. The molecule has 0 bridgehead atoms. The zero-order valence-corrected chi connectivity index (χ0v) is 11.7. The average Bonchev–Trinajstić information content (AvgIpc) is 2.92. The number of nitrogens with one attached hydrogen (secondary N) is 1. The highest BCUT2D eigenvalue weighted by molar-refractivity contribution is 6.31. The van der Waals surface area contributed by atoms with E-state index < -0.39 is 0 Å². The first-order valence-electron chi connectivity index (χ1n) is 6.43. The van der Waals surface area contributed by atoms with Gasteiger partial charge in [0.2, 0.25) is 0 Å². The van der Waals surface area contributed by atoms with Crippen molar-refractivity contribution in [3.05, 3.63) is 16.9 Å². The minimum Gasteiger partial charge on any atom is -0.373 e. The number of aryl methyl sites for hydroxylation is 1. The van der Waals surface area contributed by atoms with E-state index in [1.165, 1.54) is 0 Å². The molecule has 2 rings (SSSR count). The highest BCUT2D eigenvalue weighted by atomic mass is 35.5. The van der Waals surface area contributed by atoms with Gasteiger partial charge >= 0.3 is 0 Å². The molecule has 2 heterocycles. The fourth-order valence-electron chi connectivity index (χ4n) is 2.62. The minimum atomic E-state index is -0.316. The smallest absolute Gasteiger partial charge is 0.0930 e. The van der Waals surface area contributed by atoms with Gasteiger partial charge in [0.1, 0.15) is 0 Å². The van der Waals surface area contributed by atoms with Crippen molar-refractivity contribution in [2.45, 2.75) is 51.3 Å². The highest BCUT2D eigenvalue weighted by Crippen LogP contribution is 2.39. The Bertz CT molecular complexity index is 401. The van der Waals surface area contributed by atoms with E-state index >= 15 is 0 Å². The van der Waals surface area contributed by atoms with Gasteiger partial charge in [-0.05, 0) is 26.2 Å². The van der Waals surface area contributed by atoms with E-state index in [2.05, 4.69) is 24.4 Å². The number of halogens is 1. The number of nitrogens with two attached hydrogens (primary N) is 1. The van der Waals surface area contributed by atoms with Gasteiger partial charge in [-0.2, -0.15) is 5.10 Å². The maximum atomic E-state index is 6.26. The number of aromatic nitrogens is 2. The van der Waals surface area contributed by atoms with Gasteiger partial charge in [-0.15, -0.1) is 0 Å². The lowest BCUT2D eigenvalue weighted by Crippen LogP contribution is -2.45. The van der Waals surface area contributed by atoms with Crippen LogP contribution in [0.3, 0.4) is 0 Å². The summed E-state index contributed by atoms with van der Waals surface area (Å²) >= 11 is 6.26. The minimum absolute atomic E-state index is 0.137. The zero-order valence-electron chi connectivity index (χ0n) is 10.9. The molecule has 0 saturated carbocycles. The Labute approximate surface area is 113 Å². The predicted molar refractivity (Wildman–Crippen MR) is 71.2 cm³/mol. The molecule has 6 heteroatoms. The molecule has 1 aromatic rings. The summed E-state index contributed by atoms with van der Waals surface area (Å²) in [7, 11) is 0. The second kappa shape index (κ2) is 5.57. The standard InChI is InChI=1S/C12H21ClN4O/c1-3-6-17-10(9(13)8-15-17)11(16-14)12(2)5-4-7-18-12/h8,11,16H,3-7,14H2,1-2H3. The monoisotopic (exact) mass is 272 g/mol. The first-order valence-corrected chi connectivity index (χ1v) is 6.81. The van der Waals surface area contributed by atoms with Crippen LogP contribution in [0.25, 0.3) is 0 Å². The van der Waals surface area contributed by atoms with Crippen LogP contribution in [0.2, 0.25) is 5.02 Å². The summed E-state index contributed by atoms with van der Waals surface area (Å²) in [4.78, 5) is 0. The van der Waals surface area contributed by atoms with Gasteiger partial charge in [0, 0.05) is 13.2 Å². The van der Waals surface area contributed by atoms with Gasteiger partial charge in [-0.3, -0.25) is 10.5 Å². The number of ether oxygens (including phenoxy) is 1. The van der Waals surface area contributed by atoms with E-state index in [0.29, 0.717) is 5.02 Å². The van der Waals surface area contributed by atoms with Crippen LogP contribution in [0, 0.1) is 0 Å². The van der Waals surface area contributed by atoms with Crippen molar-refractivity contribution in [2.75, 3.05) is 6.61 Å². The number of hydrogen-bond donors (Lipinski definition) is 2. The second-order valence-electron chi connectivity index (χ2n) is 4.97. The van der Waals surface area contributed by atoms with Gasteiger partial charge in [0.15, 0.2) is 0 Å². The summed E-state index contributed by atoms with van der Waals surface area (Å²) < 4.78 is 7.78. The summed E-state index contributed by atoms with van der Waals surface area (Å²) in [6, 6.07) is -0.137. The van der Waals surface area contributed by atoms with Gasteiger partial charge in [0.25, 0.3) is 0 Å². The molecule has 1 fully saturated rings. The molecule has 0 radical (unpaired) electrons. The lowest BCUT2D eigenvalue weighted by atomic mass is 9.91. The van der Waals surface area contributed by atoms with E-state index in [-0.39, 0.29) is 11.6 Å². The molecule has 102 valence electrons. The number of nitrogens with zero attached hydrogens (tertiary/aromatic N) is 2. The average molecular weight is 273 g/mol. The molecule has 1 saturated heterocycles. The topological polar surface area (TPSA) is 65.1 Å². The van der Waals surface area contributed by atoms with Crippen LogP contribution in [-0.2, 0) is 11.3 Å². The van der Waals surface area contributed by atoms with E-state index in [1.807, 2.05) is 4.68 Å². The Kier molecular flexibility index (Phi) is 4.27. The van der Waals surface area contributed by atoms with Crippen LogP contribution in [0.1, 0.15) is 44.8 Å².